The number of aromatic nitrogens is 2. The van der Waals surface area contributed by atoms with Crippen molar-refractivity contribution in [2.45, 2.75) is 45.8 Å². The van der Waals surface area contributed by atoms with Gasteiger partial charge in [0, 0.05) is 18.7 Å². The molecule has 8 nitrogen and oxygen atoms in total. The molecule has 1 amide bonds. The molecule has 8 heteroatoms. The average molecular weight is 398 g/mol. The zero-order chi connectivity index (χ0) is 21.4. The van der Waals surface area contributed by atoms with Gasteiger partial charge in [0.2, 0.25) is 0 Å². The van der Waals surface area contributed by atoms with Crippen LogP contribution in [-0.4, -0.2) is 56.6 Å². The molecule has 0 aromatic carbocycles. The number of nitriles is 1. The van der Waals surface area contributed by atoms with Gasteiger partial charge in [0.25, 0.3) is 0 Å². The molecule has 0 saturated heterocycles. The summed E-state index contributed by atoms with van der Waals surface area (Å²) in [5, 5.41) is 23.7. The van der Waals surface area contributed by atoms with Crippen LogP contribution >= 0.6 is 0 Å². The number of carbonyl (C=O) groups excluding carboxylic acids is 1. The summed E-state index contributed by atoms with van der Waals surface area (Å²) in [6, 6.07) is 3.97. The predicted molar refractivity (Wildman–Crippen MR) is 107 cm³/mol. The number of aliphatic hydroxyl groups is 1. The van der Waals surface area contributed by atoms with Crippen molar-refractivity contribution in [2.75, 3.05) is 19.7 Å². The fourth-order valence-electron chi connectivity index (χ4n) is 2.98. The molecule has 0 spiro atoms. The first kappa shape index (κ1) is 20.7. The van der Waals surface area contributed by atoms with Crippen LogP contribution < -0.4 is 4.74 Å². The number of rotatable bonds is 4. The number of pyridine rings is 1. The van der Waals surface area contributed by atoms with Gasteiger partial charge in [-0.05, 0) is 46.3 Å². The first-order valence-electron chi connectivity index (χ1n) is 9.41. The van der Waals surface area contributed by atoms with Gasteiger partial charge in [0.15, 0.2) is 0 Å². The second-order valence-electron chi connectivity index (χ2n) is 8.74. The van der Waals surface area contributed by atoms with Gasteiger partial charge in [-0.3, -0.25) is 0 Å². The van der Waals surface area contributed by atoms with Crippen molar-refractivity contribution < 1.29 is 19.4 Å². The zero-order valence-corrected chi connectivity index (χ0v) is 17.4. The monoisotopic (exact) mass is 398 g/mol. The Hall–Kier alpha value is -3.05. The number of fused-ring (bicyclic) bond motifs is 1. The van der Waals surface area contributed by atoms with E-state index in [1.54, 1.807) is 29.5 Å². The van der Waals surface area contributed by atoms with Gasteiger partial charge in [-0.25, -0.2) is 9.31 Å². The molecule has 3 heterocycles. The minimum Gasteiger partial charge on any atom is -0.489 e. The van der Waals surface area contributed by atoms with Crippen molar-refractivity contribution in [3.8, 4) is 11.8 Å². The van der Waals surface area contributed by atoms with Gasteiger partial charge in [-0.1, -0.05) is 6.08 Å². The Morgan fingerprint density at radius 1 is 1.34 bits per heavy atom. The molecule has 0 radical (unpaired) electrons. The van der Waals surface area contributed by atoms with Crippen molar-refractivity contribution >= 4 is 17.2 Å². The maximum Gasteiger partial charge on any atom is 0.410 e. The Labute approximate surface area is 169 Å². The molecule has 3 rings (SSSR count). The third-order valence-corrected chi connectivity index (χ3v) is 4.22. The fourth-order valence-corrected chi connectivity index (χ4v) is 2.98. The second kappa shape index (κ2) is 7.41. The molecule has 1 N–H and O–H groups in total. The molecule has 0 bridgehead atoms. The van der Waals surface area contributed by atoms with Crippen LogP contribution in [0.4, 0.5) is 4.79 Å². The van der Waals surface area contributed by atoms with Crippen LogP contribution in [0.15, 0.2) is 24.5 Å². The van der Waals surface area contributed by atoms with Gasteiger partial charge in [-0.15, -0.1) is 0 Å². The van der Waals surface area contributed by atoms with Crippen LogP contribution in [-0.2, 0) is 4.74 Å². The van der Waals surface area contributed by atoms with E-state index in [4.69, 9.17) is 9.47 Å². The summed E-state index contributed by atoms with van der Waals surface area (Å²) < 4.78 is 12.8. The van der Waals surface area contributed by atoms with Gasteiger partial charge < -0.3 is 19.5 Å². The number of amides is 1. The van der Waals surface area contributed by atoms with E-state index in [-0.39, 0.29) is 12.7 Å². The Morgan fingerprint density at radius 2 is 2.07 bits per heavy atom. The van der Waals surface area contributed by atoms with E-state index >= 15 is 0 Å². The lowest BCUT2D eigenvalue weighted by molar-refractivity contribution is 0.0281. The van der Waals surface area contributed by atoms with Gasteiger partial charge in [0.1, 0.15) is 24.0 Å². The smallest absolute Gasteiger partial charge is 0.410 e. The standard InChI is InChI=1S/C21H26N4O4/c1-20(2,3)29-19(26)24-7-6-14(11-24)17-8-16(28-13-21(4,5)27)12-25-18(17)15(9-22)10-23-25/h6,8,10,12,27H,7,11,13H2,1-5H3. The summed E-state index contributed by atoms with van der Waals surface area (Å²) in [5.41, 5.74) is 1.17. The van der Waals surface area contributed by atoms with Crippen LogP contribution in [0.2, 0.25) is 0 Å². The fraction of sp³-hybridized carbons (Fsp3) is 0.476. The van der Waals surface area contributed by atoms with E-state index in [2.05, 4.69) is 11.2 Å². The van der Waals surface area contributed by atoms with Gasteiger partial charge >= 0.3 is 6.09 Å². The minimum atomic E-state index is -0.989. The second-order valence-corrected chi connectivity index (χ2v) is 8.74. The Morgan fingerprint density at radius 3 is 2.69 bits per heavy atom. The highest BCUT2D eigenvalue weighted by Gasteiger charge is 2.27. The molecule has 0 saturated carbocycles. The van der Waals surface area contributed by atoms with E-state index < -0.39 is 11.2 Å². The van der Waals surface area contributed by atoms with Crippen LogP contribution in [0.5, 0.6) is 5.75 Å². The van der Waals surface area contributed by atoms with Crippen molar-refractivity contribution in [2.24, 2.45) is 0 Å². The van der Waals surface area contributed by atoms with E-state index in [1.807, 2.05) is 32.9 Å². The third-order valence-electron chi connectivity index (χ3n) is 4.22. The molecule has 0 unspecified atom stereocenters. The number of ether oxygens (including phenoxy) is 2. The highest BCUT2D eigenvalue weighted by molar-refractivity contribution is 5.86. The topological polar surface area (TPSA) is 100 Å². The summed E-state index contributed by atoms with van der Waals surface area (Å²) >= 11 is 0. The summed E-state index contributed by atoms with van der Waals surface area (Å²) in [7, 11) is 0. The Balaban J connectivity index is 1.92. The highest BCUT2D eigenvalue weighted by Crippen LogP contribution is 2.31. The SMILES string of the molecule is CC(C)(O)COc1cc(C2=CCN(C(=O)OC(C)(C)C)C2)c2c(C#N)cnn2c1. The van der Waals surface area contributed by atoms with Crippen LogP contribution in [0.25, 0.3) is 11.1 Å². The quantitative estimate of drug-likeness (QED) is 0.850. The molecular weight excluding hydrogens is 372 g/mol. The predicted octanol–water partition coefficient (Wildman–Crippen LogP) is 2.99. The molecule has 154 valence electrons. The normalized spacial score (nSPS) is 14.7. The third kappa shape index (κ3) is 4.87. The molecular formula is C21H26N4O4. The Bertz CT molecular complexity index is 1000. The van der Waals surface area contributed by atoms with Crippen molar-refractivity contribution in [3.63, 3.8) is 0 Å². The average Bonchev–Trinajstić information content (AvgIpc) is 3.24. The summed E-state index contributed by atoms with van der Waals surface area (Å²) in [5.74, 6) is 0.513. The van der Waals surface area contributed by atoms with E-state index in [9.17, 15) is 15.2 Å². The maximum absolute atomic E-state index is 12.4. The van der Waals surface area contributed by atoms with Crippen LogP contribution in [0.3, 0.4) is 0 Å². The molecule has 2 aromatic heterocycles. The zero-order valence-electron chi connectivity index (χ0n) is 17.4. The lowest BCUT2D eigenvalue weighted by Gasteiger charge is -2.24. The van der Waals surface area contributed by atoms with Crippen LogP contribution in [0, 0.1) is 11.3 Å². The van der Waals surface area contributed by atoms with E-state index in [0.29, 0.717) is 29.9 Å². The maximum atomic E-state index is 12.4. The van der Waals surface area contributed by atoms with Gasteiger partial charge in [-0.2, -0.15) is 10.4 Å². The highest BCUT2D eigenvalue weighted by atomic mass is 16.6. The lowest BCUT2D eigenvalue weighted by Crippen LogP contribution is -2.35. The van der Waals surface area contributed by atoms with Gasteiger partial charge in [0.05, 0.1) is 29.1 Å². The molecule has 0 aliphatic carbocycles. The molecule has 0 fully saturated rings. The van der Waals surface area contributed by atoms with Crippen molar-refractivity contribution in [1.29, 1.82) is 5.26 Å². The van der Waals surface area contributed by atoms with Crippen molar-refractivity contribution in [1.82, 2.24) is 14.5 Å². The summed E-state index contributed by atoms with van der Waals surface area (Å²) in [6.07, 6.45) is 4.72. The van der Waals surface area contributed by atoms with E-state index in [0.717, 1.165) is 11.1 Å². The lowest BCUT2D eigenvalue weighted by atomic mass is 10.0. The molecule has 2 aromatic rings. The molecule has 29 heavy (non-hydrogen) atoms. The largest absolute Gasteiger partial charge is 0.489 e. The first-order chi connectivity index (χ1) is 13.5. The number of hydrogen-bond donors (Lipinski definition) is 1. The molecule has 1 aliphatic rings. The van der Waals surface area contributed by atoms with Crippen LogP contribution in [0.1, 0.15) is 45.7 Å². The summed E-state index contributed by atoms with van der Waals surface area (Å²) in [4.78, 5) is 14.0. The number of hydrogen-bond acceptors (Lipinski definition) is 6. The molecule has 0 atom stereocenters. The number of nitrogens with zero attached hydrogens (tertiary/aromatic N) is 4. The van der Waals surface area contributed by atoms with E-state index in [1.165, 1.54) is 6.20 Å². The van der Waals surface area contributed by atoms with Crippen molar-refractivity contribution in [3.05, 3.63) is 35.7 Å². The first-order valence-corrected chi connectivity index (χ1v) is 9.41. The minimum absolute atomic E-state index is 0.105. The Kier molecular flexibility index (Phi) is 5.28. The number of carbonyl (C=O) groups is 1. The molecule has 1 aliphatic heterocycles. The summed E-state index contributed by atoms with van der Waals surface area (Å²) in [6.45, 7) is 9.68.